The number of aryl methyl sites for hydroxylation is 1. The van der Waals surface area contributed by atoms with Crippen molar-refractivity contribution in [3.8, 4) is 5.75 Å². The van der Waals surface area contributed by atoms with E-state index in [4.69, 9.17) is 51.1 Å². The van der Waals surface area contributed by atoms with Gasteiger partial charge in [-0.15, -0.1) is 0 Å². The predicted molar refractivity (Wildman–Crippen MR) is 138 cm³/mol. The van der Waals surface area contributed by atoms with Crippen molar-refractivity contribution in [1.82, 2.24) is 9.78 Å². The molecule has 0 aliphatic carbocycles. The number of ether oxygens (including phenoxy) is 1. The van der Waals surface area contributed by atoms with Gasteiger partial charge in [-0.2, -0.15) is 5.10 Å². The maximum atomic E-state index is 12.8. The Bertz CT molecular complexity index is 1330. The third-order valence-electron chi connectivity index (χ3n) is 5.00. The van der Waals surface area contributed by atoms with Gasteiger partial charge in [0.1, 0.15) is 17.4 Å². The molecule has 1 heterocycles. The maximum absolute atomic E-state index is 12.8. The Morgan fingerprint density at radius 3 is 2.44 bits per heavy atom. The van der Waals surface area contributed by atoms with Crippen molar-refractivity contribution in [1.29, 1.82) is 0 Å². The summed E-state index contributed by atoms with van der Waals surface area (Å²) in [6, 6.07) is 17.9. The van der Waals surface area contributed by atoms with Crippen LogP contribution in [0.5, 0.6) is 5.75 Å². The highest BCUT2D eigenvalue weighted by atomic mass is 35.5. The van der Waals surface area contributed by atoms with E-state index in [0.717, 1.165) is 11.1 Å². The molecule has 0 bridgehead atoms. The molecule has 0 aliphatic rings. The summed E-state index contributed by atoms with van der Waals surface area (Å²) in [4.78, 5) is 12.8. The molecule has 0 aliphatic heterocycles. The van der Waals surface area contributed by atoms with E-state index in [1.165, 1.54) is 0 Å². The number of amides is 1. The Morgan fingerprint density at radius 1 is 0.941 bits per heavy atom. The average molecular weight is 535 g/mol. The van der Waals surface area contributed by atoms with Crippen LogP contribution in [0, 0.1) is 6.92 Å². The zero-order chi connectivity index (χ0) is 24.2. The first-order valence-corrected chi connectivity index (χ1v) is 11.8. The van der Waals surface area contributed by atoms with E-state index in [-0.39, 0.29) is 18.3 Å². The molecule has 9 heteroatoms. The van der Waals surface area contributed by atoms with Gasteiger partial charge < -0.3 is 10.1 Å². The molecule has 0 unspecified atom stereocenters. The van der Waals surface area contributed by atoms with Crippen LogP contribution in [0.4, 0.5) is 5.82 Å². The molecule has 174 valence electrons. The van der Waals surface area contributed by atoms with Crippen LogP contribution < -0.4 is 10.1 Å². The van der Waals surface area contributed by atoms with Crippen molar-refractivity contribution in [2.24, 2.45) is 0 Å². The van der Waals surface area contributed by atoms with Crippen molar-refractivity contribution in [3.63, 3.8) is 0 Å². The first-order chi connectivity index (χ1) is 16.3. The summed E-state index contributed by atoms with van der Waals surface area (Å²) in [5, 5.41) is 8.99. The molecular formula is C25H19Cl4N3O2. The minimum absolute atomic E-state index is 0.239. The molecule has 1 N–H and O–H groups in total. The third kappa shape index (κ3) is 5.86. The van der Waals surface area contributed by atoms with Crippen LogP contribution >= 0.6 is 46.4 Å². The molecule has 5 nitrogen and oxygen atoms in total. The first kappa shape index (κ1) is 24.4. The van der Waals surface area contributed by atoms with Crippen molar-refractivity contribution in [3.05, 3.63) is 109 Å². The fourth-order valence-corrected chi connectivity index (χ4v) is 4.16. The maximum Gasteiger partial charge on any atom is 0.256 e. The standard InChI is InChI=1S/C25H19Cl4N3O2/c1-15-8-9-21(28)23(10-15)34-14-16-4-2-5-17(11-16)25(33)30-24-22(29)13-32(31-24)12-18-19(26)6-3-7-20(18)27/h2-11,13H,12,14H2,1H3,(H,30,31,33). The Morgan fingerprint density at radius 2 is 1.68 bits per heavy atom. The number of hydrogen-bond donors (Lipinski definition) is 1. The van der Waals surface area contributed by atoms with Gasteiger partial charge in [0.05, 0.1) is 11.6 Å². The molecule has 34 heavy (non-hydrogen) atoms. The van der Waals surface area contributed by atoms with Gasteiger partial charge in [-0.05, 0) is 54.4 Å². The number of anilines is 1. The molecule has 1 amide bonds. The molecule has 3 aromatic carbocycles. The third-order valence-corrected chi connectivity index (χ3v) is 6.30. The highest BCUT2D eigenvalue weighted by Crippen LogP contribution is 2.28. The van der Waals surface area contributed by atoms with Gasteiger partial charge in [0.2, 0.25) is 0 Å². The van der Waals surface area contributed by atoms with Gasteiger partial charge in [0, 0.05) is 27.4 Å². The zero-order valence-corrected chi connectivity index (χ0v) is 21.0. The molecule has 0 saturated heterocycles. The summed E-state index contributed by atoms with van der Waals surface area (Å²) in [5.74, 6) is 0.480. The second-order valence-electron chi connectivity index (χ2n) is 7.60. The quantitative estimate of drug-likeness (QED) is 0.264. The molecule has 0 spiro atoms. The normalized spacial score (nSPS) is 10.9. The van der Waals surface area contributed by atoms with E-state index in [1.807, 2.05) is 25.1 Å². The Labute approximate surface area is 217 Å². The summed E-state index contributed by atoms with van der Waals surface area (Å²) >= 11 is 25.0. The van der Waals surface area contributed by atoms with Crippen LogP contribution in [0.15, 0.2) is 66.9 Å². The fraction of sp³-hybridized carbons (Fsp3) is 0.120. The first-order valence-electron chi connectivity index (χ1n) is 10.3. The lowest BCUT2D eigenvalue weighted by Crippen LogP contribution is -2.13. The Kier molecular flexibility index (Phi) is 7.69. The molecule has 4 aromatic rings. The highest BCUT2D eigenvalue weighted by Gasteiger charge is 2.15. The molecular weight excluding hydrogens is 516 g/mol. The van der Waals surface area contributed by atoms with Crippen molar-refractivity contribution >= 4 is 58.1 Å². The number of carbonyl (C=O) groups is 1. The second kappa shape index (κ2) is 10.7. The molecule has 0 radical (unpaired) electrons. The number of hydrogen-bond acceptors (Lipinski definition) is 3. The number of benzene rings is 3. The second-order valence-corrected chi connectivity index (χ2v) is 9.23. The van der Waals surface area contributed by atoms with Crippen LogP contribution in [-0.2, 0) is 13.2 Å². The highest BCUT2D eigenvalue weighted by molar-refractivity contribution is 6.36. The van der Waals surface area contributed by atoms with Crippen LogP contribution in [-0.4, -0.2) is 15.7 Å². The molecule has 0 fully saturated rings. The molecule has 0 saturated carbocycles. The van der Waals surface area contributed by atoms with Crippen LogP contribution in [0.25, 0.3) is 0 Å². The van der Waals surface area contributed by atoms with Crippen LogP contribution in [0.1, 0.15) is 27.0 Å². The van der Waals surface area contributed by atoms with E-state index in [0.29, 0.717) is 43.5 Å². The SMILES string of the molecule is Cc1ccc(Cl)c(OCc2cccc(C(=O)Nc3nn(Cc4c(Cl)cccc4Cl)cc3Cl)c2)c1. The predicted octanol–water partition coefficient (Wildman–Crippen LogP) is 7.68. The topological polar surface area (TPSA) is 56.1 Å². The van der Waals surface area contributed by atoms with E-state index in [9.17, 15) is 4.79 Å². The lowest BCUT2D eigenvalue weighted by Gasteiger charge is -2.10. The number of nitrogens with one attached hydrogen (secondary N) is 1. The summed E-state index contributed by atoms with van der Waals surface area (Å²) in [6.45, 7) is 2.53. The van der Waals surface area contributed by atoms with Gasteiger partial charge >= 0.3 is 0 Å². The minimum Gasteiger partial charge on any atom is -0.487 e. The number of halogens is 4. The summed E-state index contributed by atoms with van der Waals surface area (Å²) in [6.07, 6.45) is 1.60. The number of rotatable bonds is 7. The van der Waals surface area contributed by atoms with E-state index in [2.05, 4.69) is 10.4 Å². The van der Waals surface area contributed by atoms with Gasteiger partial charge in [0.25, 0.3) is 5.91 Å². The lowest BCUT2D eigenvalue weighted by molar-refractivity contribution is 0.102. The van der Waals surface area contributed by atoms with E-state index < -0.39 is 0 Å². The van der Waals surface area contributed by atoms with Gasteiger partial charge in [-0.25, -0.2) is 0 Å². The smallest absolute Gasteiger partial charge is 0.256 e. The summed E-state index contributed by atoms with van der Waals surface area (Å²) < 4.78 is 7.40. The van der Waals surface area contributed by atoms with Gasteiger partial charge in [-0.1, -0.05) is 70.7 Å². The fourth-order valence-electron chi connectivity index (χ4n) is 3.27. The van der Waals surface area contributed by atoms with Crippen molar-refractivity contribution in [2.75, 3.05) is 5.32 Å². The van der Waals surface area contributed by atoms with E-state index >= 15 is 0 Å². The van der Waals surface area contributed by atoms with Gasteiger partial charge in [0.15, 0.2) is 5.82 Å². The summed E-state index contributed by atoms with van der Waals surface area (Å²) in [7, 11) is 0. The Balaban J connectivity index is 1.44. The minimum atomic E-state index is -0.349. The zero-order valence-electron chi connectivity index (χ0n) is 18.0. The van der Waals surface area contributed by atoms with E-state index in [1.54, 1.807) is 53.3 Å². The molecule has 0 atom stereocenters. The summed E-state index contributed by atoms with van der Waals surface area (Å²) in [5.41, 5.74) is 3.01. The average Bonchev–Trinajstić information content (AvgIpc) is 3.15. The monoisotopic (exact) mass is 533 g/mol. The van der Waals surface area contributed by atoms with Crippen LogP contribution in [0.2, 0.25) is 20.1 Å². The largest absolute Gasteiger partial charge is 0.487 e. The lowest BCUT2D eigenvalue weighted by atomic mass is 10.1. The number of carbonyl (C=O) groups excluding carboxylic acids is 1. The number of nitrogens with zero attached hydrogens (tertiary/aromatic N) is 2. The van der Waals surface area contributed by atoms with Crippen molar-refractivity contribution in [2.45, 2.75) is 20.1 Å². The number of aromatic nitrogens is 2. The molecule has 1 aromatic heterocycles. The Hall–Kier alpha value is -2.70. The van der Waals surface area contributed by atoms with Gasteiger partial charge in [-0.3, -0.25) is 9.48 Å². The van der Waals surface area contributed by atoms with Crippen molar-refractivity contribution < 1.29 is 9.53 Å². The van der Waals surface area contributed by atoms with Crippen LogP contribution in [0.3, 0.4) is 0 Å². The molecule has 4 rings (SSSR count).